The van der Waals surface area contributed by atoms with Crippen LogP contribution < -0.4 is 0 Å². The Morgan fingerprint density at radius 3 is 1.88 bits per heavy atom. The predicted octanol–water partition coefficient (Wildman–Crippen LogP) is 3.39. The van der Waals surface area contributed by atoms with Crippen LogP contribution in [0, 0.1) is 0 Å². The summed E-state index contributed by atoms with van der Waals surface area (Å²) in [7, 11) is 0. The van der Waals surface area contributed by atoms with E-state index in [4.69, 9.17) is 9.47 Å². The molecule has 168 valence electrons. The van der Waals surface area contributed by atoms with Gasteiger partial charge in [-0.1, -0.05) is 91.0 Å². The van der Waals surface area contributed by atoms with Crippen molar-refractivity contribution in [1.82, 2.24) is 4.90 Å². The van der Waals surface area contributed by atoms with Crippen molar-refractivity contribution < 1.29 is 19.7 Å². The fraction of sp³-hybridized carbons (Fsp3) is 0.333. The minimum Gasteiger partial charge on any atom is -0.389 e. The molecule has 3 aromatic rings. The second kappa shape index (κ2) is 11.4. The van der Waals surface area contributed by atoms with E-state index in [1.807, 2.05) is 78.9 Å². The zero-order valence-corrected chi connectivity index (χ0v) is 18.2. The molecule has 2 N–H and O–H groups in total. The van der Waals surface area contributed by atoms with Crippen LogP contribution in [-0.2, 0) is 29.2 Å². The lowest BCUT2D eigenvalue weighted by molar-refractivity contribution is -0.0912. The van der Waals surface area contributed by atoms with E-state index < -0.39 is 18.3 Å². The molecule has 3 aromatic carbocycles. The first kappa shape index (κ1) is 22.6. The molecule has 0 aliphatic carbocycles. The molecule has 1 saturated heterocycles. The van der Waals surface area contributed by atoms with Crippen molar-refractivity contribution in [2.75, 3.05) is 13.2 Å². The highest BCUT2D eigenvalue weighted by Crippen LogP contribution is 2.26. The fourth-order valence-corrected chi connectivity index (χ4v) is 4.25. The van der Waals surface area contributed by atoms with Gasteiger partial charge in [-0.3, -0.25) is 4.90 Å². The lowest BCUT2D eigenvalue weighted by atomic mass is 10.0. The van der Waals surface area contributed by atoms with Gasteiger partial charge in [0.1, 0.15) is 0 Å². The highest BCUT2D eigenvalue weighted by molar-refractivity contribution is 5.17. The van der Waals surface area contributed by atoms with Crippen molar-refractivity contribution in [2.24, 2.45) is 0 Å². The van der Waals surface area contributed by atoms with Gasteiger partial charge in [0, 0.05) is 13.1 Å². The first-order valence-electron chi connectivity index (χ1n) is 11.1. The van der Waals surface area contributed by atoms with Crippen LogP contribution in [0.15, 0.2) is 91.0 Å². The maximum absolute atomic E-state index is 10.9. The summed E-state index contributed by atoms with van der Waals surface area (Å²) >= 11 is 0. The van der Waals surface area contributed by atoms with Gasteiger partial charge in [-0.15, -0.1) is 0 Å². The molecular formula is C27H31NO4. The Kier molecular flexibility index (Phi) is 8.04. The lowest BCUT2D eigenvalue weighted by Crippen LogP contribution is -2.48. The van der Waals surface area contributed by atoms with Gasteiger partial charge in [-0.05, 0) is 16.7 Å². The number of hydrogen-bond acceptors (Lipinski definition) is 5. The second-order valence-electron chi connectivity index (χ2n) is 8.30. The first-order valence-corrected chi connectivity index (χ1v) is 11.1. The Morgan fingerprint density at radius 2 is 1.28 bits per heavy atom. The van der Waals surface area contributed by atoms with Crippen LogP contribution in [0.5, 0.6) is 0 Å². The van der Waals surface area contributed by atoms with Crippen molar-refractivity contribution in [3.05, 3.63) is 108 Å². The van der Waals surface area contributed by atoms with E-state index in [-0.39, 0.29) is 6.04 Å². The molecule has 5 heteroatoms. The highest BCUT2D eigenvalue weighted by atomic mass is 16.5. The summed E-state index contributed by atoms with van der Waals surface area (Å²) in [5, 5.41) is 21.3. The van der Waals surface area contributed by atoms with E-state index in [0.717, 1.165) is 16.7 Å². The van der Waals surface area contributed by atoms with Gasteiger partial charge in [0.2, 0.25) is 0 Å². The number of hydrogen-bond donors (Lipinski definition) is 2. The topological polar surface area (TPSA) is 62.2 Å². The molecule has 4 rings (SSSR count). The molecule has 1 heterocycles. The van der Waals surface area contributed by atoms with Crippen molar-refractivity contribution in [3.63, 3.8) is 0 Å². The summed E-state index contributed by atoms with van der Waals surface area (Å²) in [6, 6.07) is 29.7. The fourth-order valence-electron chi connectivity index (χ4n) is 4.25. The molecule has 0 aromatic heterocycles. The third kappa shape index (κ3) is 6.03. The molecule has 0 amide bonds. The average Bonchev–Trinajstić information content (AvgIpc) is 3.11. The Balaban J connectivity index is 1.48. The minimum atomic E-state index is -0.903. The molecule has 0 saturated carbocycles. The molecule has 1 aliphatic rings. The maximum Gasteiger partial charge on any atom is 0.0994 e. The molecule has 2 unspecified atom stereocenters. The molecular weight excluding hydrogens is 402 g/mol. The Bertz CT molecular complexity index is 922. The minimum absolute atomic E-state index is 0.321. The lowest BCUT2D eigenvalue weighted by Gasteiger charge is -2.33. The molecule has 0 bridgehead atoms. The van der Waals surface area contributed by atoms with Crippen molar-refractivity contribution >= 4 is 0 Å². The number of likely N-dealkylation sites (tertiary alicyclic amines) is 1. The zero-order valence-electron chi connectivity index (χ0n) is 18.2. The summed E-state index contributed by atoms with van der Waals surface area (Å²) < 4.78 is 12.3. The third-order valence-electron chi connectivity index (χ3n) is 5.90. The van der Waals surface area contributed by atoms with E-state index in [0.29, 0.717) is 32.9 Å². The standard InChI is InChI=1S/C27H31NO4/c29-24-17-28(16-21-10-4-1-5-11-21)26(27(24)30)25(32-19-23-14-8-3-9-15-23)20-31-18-22-12-6-2-7-13-22/h1-15,24-27,29-30H,16-20H2/t24?,25-,26+,27?/m1/s1. The van der Waals surface area contributed by atoms with Gasteiger partial charge in [0.05, 0.1) is 44.2 Å². The van der Waals surface area contributed by atoms with Crippen LogP contribution in [0.2, 0.25) is 0 Å². The summed E-state index contributed by atoms with van der Waals surface area (Å²) in [4.78, 5) is 2.10. The SMILES string of the molecule is OC1CN(Cc2ccccc2)[C@@H]([C@@H](COCc2ccccc2)OCc2ccccc2)C1O. The Hall–Kier alpha value is -2.54. The predicted molar refractivity (Wildman–Crippen MR) is 124 cm³/mol. The van der Waals surface area contributed by atoms with Crippen LogP contribution in [0.3, 0.4) is 0 Å². The first-order chi connectivity index (χ1) is 15.7. The quantitative estimate of drug-likeness (QED) is 0.513. The molecule has 32 heavy (non-hydrogen) atoms. The van der Waals surface area contributed by atoms with E-state index in [1.165, 1.54) is 0 Å². The van der Waals surface area contributed by atoms with E-state index in [1.54, 1.807) is 0 Å². The monoisotopic (exact) mass is 433 g/mol. The number of nitrogens with zero attached hydrogens (tertiary/aromatic N) is 1. The maximum atomic E-state index is 10.9. The van der Waals surface area contributed by atoms with Crippen LogP contribution in [-0.4, -0.2) is 52.6 Å². The Morgan fingerprint density at radius 1 is 0.750 bits per heavy atom. The molecule has 4 atom stereocenters. The molecule has 0 spiro atoms. The van der Waals surface area contributed by atoms with Gasteiger partial charge in [-0.2, -0.15) is 0 Å². The van der Waals surface area contributed by atoms with E-state index in [2.05, 4.69) is 17.0 Å². The van der Waals surface area contributed by atoms with Gasteiger partial charge in [0.25, 0.3) is 0 Å². The summed E-state index contributed by atoms with van der Waals surface area (Å²) in [5.41, 5.74) is 3.27. The summed E-state index contributed by atoms with van der Waals surface area (Å²) in [6.45, 7) is 2.23. The largest absolute Gasteiger partial charge is 0.389 e. The second-order valence-corrected chi connectivity index (χ2v) is 8.30. The molecule has 5 nitrogen and oxygen atoms in total. The van der Waals surface area contributed by atoms with Gasteiger partial charge in [-0.25, -0.2) is 0 Å². The summed E-state index contributed by atoms with van der Waals surface area (Å²) in [6.07, 6.45) is -2.12. The number of rotatable bonds is 10. The van der Waals surface area contributed by atoms with Gasteiger partial charge in [0.15, 0.2) is 0 Å². The van der Waals surface area contributed by atoms with Crippen molar-refractivity contribution in [3.8, 4) is 0 Å². The molecule has 1 fully saturated rings. The van der Waals surface area contributed by atoms with Crippen molar-refractivity contribution in [2.45, 2.75) is 44.1 Å². The van der Waals surface area contributed by atoms with Crippen LogP contribution in [0.4, 0.5) is 0 Å². The normalized spacial score (nSPS) is 22.1. The van der Waals surface area contributed by atoms with Crippen LogP contribution in [0.1, 0.15) is 16.7 Å². The van der Waals surface area contributed by atoms with Crippen LogP contribution >= 0.6 is 0 Å². The third-order valence-corrected chi connectivity index (χ3v) is 5.90. The zero-order chi connectivity index (χ0) is 22.2. The number of aliphatic hydroxyl groups excluding tert-OH is 2. The van der Waals surface area contributed by atoms with E-state index >= 15 is 0 Å². The number of aliphatic hydroxyl groups is 2. The van der Waals surface area contributed by atoms with Gasteiger partial charge >= 0.3 is 0 Å². The Labute approximate surface area is 189 Å². The molecule has 0 radical (unpaired) electrons. The van der Waals surface area contributed by atoms with Gasteiger partial charge < -0.3 is 19.7 Å². The molecule has 1 aliphatic heterocycles. The van der Waals surface area contributed by atoms with Crippen LogP contribution in [0.25, 0.3) is 0 Å². The number of ether oxygens (including phenoxy) is 2. The van der Waals surface area contributed by atoms with Crippen molar-refractivity contribution in [1.29, 1.82) is 0 Å². The number of β-amino-alcohol motifs (C(OH)–C–C–N with tert-alkyl or cyclic N) is 1. The summed E-state index contributed by atoms with van der Waals surface area (Å²) in [5.74, 6) is 0. The average molecular weight is 434 g/mol. The van der Waals surface area contributed by atoms with E-state index in [9.17, 15) is 10.2 Å². The highest BCUT2D eigenvalue weighted by Gasteiger charge is 2.44. The number of benzene rings is 3. The smallest absolute Gasteiger partial charge is 0.0994 e.